The predicted octanol–water partition coefficient (Wildman–Crippen LogP) is -4.07. The normalized spacial score (nSPS) is 13.1. The third kappa shape index (κ3) is 14.6. The van der Waals surface area contributed by atoms with E-state index in [1.54, 1.807) is 0 Å². The lowest BCUT2D eigenvalue weighted by molar-refractivity contribution is -0.142. The molecule has 0 spiro atoms. The highest BCUT2D eigenvalue weighted by molar-refractivity contribution is 5.92. The highest BCUT2D eigenvalue weighted by Gasteiger charge is 2.25. The monoisotopic (exact) mass is 487 g/mol. The summed E-state index contributed by atoms with van der Waals surface area (Å²) in [5, 5.41) is 16.2. The Balaban J connectivity index is 4.95. The van der Waals surface area contributed by atoms with Crippen LogP contribution in [-0.4, -0.2) is 78.4 Å². The average molecular weight is 488 g/mol. The molecule has 0 bridgehead atoms. The van der Waals surface area contributed by atoms with Gasteiger partial charge in [0.25, 0.3) is 0 Å². The third-order valence-corrected chi connectivity index (χ3v) is 4.62. The van der Waals surface area contributed by atoms with E-state index in [0.717, 1.165) is 0 Å². The van der Waals surface area contributed by atoms with E-state index in [4.69, 9.17) is 33.8 Å². The van der Waals surface area contributed by atoms with Crippen molar-refractivity contribution in [1.29, 1.82) is 0 Å². The summed E-state index contributed by atoms with van der Waals surface area (Å²) in [6, 6.07) is -3.22. The SMILES string of the molecule is NCCCCC(N)C(=O)NC(CCCN=C(N)N)C(=O)NCC(=O)NC(CCC(N)=O)C(=O)O. The van der Waals surface area contributed by atoms with Crippen LogP contribution in [-0.2, 0) is 24.0 Å². The van der Waals surface area contributed by atoms with E-state index in [9.17, 15) is 24.0 Å². The van der Waals surface area contributed by atoms with E-state index in [1.165, 1.54) is 0 Å². The van der Waals surface area contributed by atoms with Gasteiger partial charge in [0.2, 0.25) is 23.6 Å². The van der Waals surface area contributed by atoms with Crippen molar-refractivity contribution in [3.05, 3.63) is 0 Å². The molecule has 0 aromatic carbocycles. The molecule has 15 heteroatoms. The van der Waals surface area contributed by atoms with E-state index >= 15 is 0 Å². The van der Waals surface area contributed by atoms with E-state index in [0.29, 0.717) is 32.2 Å². The van der Waals surface area contributed by atoms with Gasteiger partial charge in [0.05, 0.1) is 12.6 Å². The fourth-order valence-electron chi connectivity index (χ4n) is 2.77. The number of unbranched alkanes of at least 4 members (excludes halogenated alkanes) is 1. The Hall–Kier alpha value is -3.46. The van der Waals surface area contributed by atoms with Crippen LogP contribution >= 0.6 is 0 Å². The number of hydrogen-bond donors (Lipinski definition) is 9. The summed E-state index contributed by atoms with van der Waals surface area (Å²) in [5.41, 5.74) is 26.8. The zero-order chi connectivity index (χ0) is 26.1. The average Bonchev–Trinajstić information content (AvgIpc) is 2.76. The molecule has 14 N–H and O–H groups in total. The number of nitrogens with zero attached hydrogens (tertiary/aromatic N) is 1. The first-order valence-electron chi connectivity index (χ1n) is 10.9. The molecule has 34 heavy (non-hydrogen) atoms. The molecule has 0 radical (unpaired) electrons. The van der Waals surface area contributed by atoms with Crippen LogP contribution in [0.1, 0.15) is 44.9 Å². The molecule has 0 aliphatic carbocycles. The summed E-state index contributed by atoms with van der Waals surface area (Å²) in [6.07, 6.45) is 1.80. The molecular weight excluding hydrogens is 450 g/mol. The van der Waals surface area contributed by atoms with Gasteiger partial charge in [-0.25, -0.2) is 4.79 Å². The predicted molar refractivity (Wildman–Crippen MR) is 124 cm³/mol. The van der Waals surface area contributed by atoms with Gasteiger partial charge in [-0.2, -0.15) is 0 Å². The molecule has 0 saturated heterocycles. The smallest absolute Gasteiger partial charge is 0.326 e. The summed E-state index contributed by atoms with van der Waals surface area (Å²) >= 11 is 0. The fourth-order valence-corrected chi connectivity index (χ4v) is 2.77. The van der Waals surface area contributed by atoms with Crippen LogP contribution in [0.3, 0.4) is 0 Å². The molecule has 0 aliphatic heterocycles. The number of nitrogens with two attached hydrogens (primary N) is 5. The number of carboxylic acids is 1. The lowest BCUT2D eigenvalue weighted by atomic mass is 10.1. The van der Waals surface area contributed by atoms with Crippen LogP contribution in [0.15, 0.2) is 4.99 Å². The first kappa shape index (κ1) is 30.5. The number of rotatable bonds is 18. The second kappa shape index (κ2) is 17.1. The molecule has 3 atom stereocenters. The van der Waals surface area contributed by atoms with E-state index < -0.39 is 54.3 Å². The van der Waals surface area contributed by atoms with Gasteiger partial charge in [0, 0.05) is 13.0 Å². The third-order valence-electron chi connectivity index (χ3n) is 4.62. The van der Waals surface area contributed by atoms with Gasteiger partial charge in [0.15, 0.2) is 5.96 Å². The Morgan fingerprint density at radius 1 is 0.853 bits per heavy atom. The van der Waals surface area contributed by atoms with Crippen molar-refractivity contribution in [1.82, 2.24) is 16.0 Å². The molecule has 0 aromatic heterocycles. The number of nitrogens with one attached hydrogen (secondary N) is 3. The quantitative estimate of drug-likeness (QED) is 0.0511. The number of guanidine groups is 1. The number of carbonyl (C=O) groups excluding carboxylic acids is 4. The lowest BCUT2D eigenvalue weighted by Crippen LogP contribution is -2.53. The van der Waals surface area contributed by atoms with Crippen LogP contribution in [0.25, 0.3) is 0 Å². The van der Waals surface area contributed by atoms with Gasteiger partial charge in [-0.3, -0.25) is 24.2 Å². The standard InChI is InChI=1S/C19H37N9O6/c20-8-2-1-4-11(21)16(31)28-12(5-3-9-25-19(23)24)17(32)26-10-15(30)27-13(18(33)34)6-7-14(22)29/h11-13H,1-10,20-21H2,(H2,22,29)(H,26,32)(H,27,30)(H,28,31)(H,33,34)(H4,23,24,25). The summed E-state index contributed by atoms with van der Waals surface area (Å²) < 4.78 is 0. The fraction of sp³-hybridized carbons (Fsp3) is 0.684. The largest absolute Gasteiger partial charge is 0.480 e. The zero-order valence-electron chi connectivity index (χ0n) is 19.1. The van der Waals surface area contributed by atoms with Crippen molar-refractivity contribution in [3.8, 4) is 0 Å². The number of carboxylic acid groups (broad SMARTS) is 1. The van der Waals surface area contributed by atoms with Crippen molar-refractivity contribution in [3.63, 3.8) is 0 Å². The summed E-state index contributed by atoms with van der Waals surface area (Å²) in [5.74, 6) is -4.20. The maximum Gasteiger partial charge on any atom is 0.326 e. The lowest BCUT2D eigenvalue weighted by Gasteiger charge is -2.21. The summed E-state index contributed by atoms with van der Waals surface area (Å²) in [6.45, 7) is 0.130. The van der Waals surface area contributed by atoms with Gasteiger partial charge in [0.1, 0.15) is 12.1 Å². The molecule has 0 fully saturated rings. The van der Waals surface area contributed by atoms with Crippen LogP contribution in [0, 0.1) is 0 Å². The molecule has 194 valence electrons. The molecule has 0 aromatic rings. The number of aliphatic imine (C=N–C) groups is 1. The minimum atomic E-state index is -1.35. The molecule has 0 saturated carbocycles. The Bertz CT molecular complexity index is 727. The van der Waals surface area contributed by atoms with Crippen molar-refractivity contribution in [2.75, 3.05) is 19.6 Å². The van der Waals surface area contributed by atoms with E-state index in [2.05, 4.69) is 20.9 Å². The van der Waals surface area contributed by atoms with Gasteiger partial charge < -0.3 is 49.7 Å². The Kier molecular flexibility index (Phi) is 15.3. The van der Waals surface area contributed by atoms with E-state index in [1.807, 2.05) is 0 Å². The number of carbonyl (C=O) groups is 5. The highest BCUT2D eigenvalue weighted by atomic mass is 16.4. The maximum atomic E-state index is 12.6. The number of hydrogen-bond acceptors (Lipinski definition) is 8. The molecule has 0 aliphatic rings. The first-order chi connectivity index (χ1) is 16.0. The van der Waals surface area contributed by atoms with Crippen LogP contribution in [0.2, 0.25) is 0 Å². The minimum Gasteiger partial charge on any atom is -0.480 e. The van der Waals surface area contributed by atoms with Crippen LogP contribution in [0.4, 0.5) is 0 Å². The van der Waals surface area contributed by atoms with Crippen molar-refractivity contribution < 1.29 is 29.1 Å². The number of primary amides is 1. The van der Waals surface area contributed by atoms with Crippen LogP contribution in [0.5, 0.6) is 0 Å². The van der Waals surface area contributed by atoms with Gasteiger partial charge in [-0.1, -0.05) is 6.42 Å². The molecule has 15 nitrogen and oxygen atoms in total. The van der Waals surface area contributed by atoms with Crippen molar-refractivity contribution >= 4 is 35.6 Å². The van der Waals surface area contributed by atoms with Crippen molar-refractivity contribution in [2.45, 2.75) is 63.1 Å². The second-order valence-electron chi connectivity index (χ2n) is 7.58. The molecule has 0 rings (SSSR count). The molecular formula is C19H37N9O6. The summed E-state index contributed by atoms with van der Waals surface area (Å²) in [4.78, 5) is 62.9. The maximum absolute atomic E-state index is 12.6. The number of aliphatic carboxylic acids is 1. The zero-order valence-corrected chi connectivity index (χ0v) is 19.1. The van der Waals surface area contributed by atoms with Gasteiger partial charge in [-0.15, -0.1) is 0 Å². The topological polar surface area (TPSA) is 284 Å². The molecule has 3 unspecified atom stereocenters. The first-order valence-corrected chi connectivity index (χ1v) is 10.9. The number of amides is 4. The summed E-state index contributed by atoms with van der Waals surface area (Å²) in [7, 11) is 0. The Morgan fingerprint density at radius 2 is 1.53 bits per heavy atom. The Morgan fingerprint density at radius 3 is 2.09 bits per heavy atom. The van der Waals surface area contributed by atoms with E-state index in [-0.39, 0.29) is 31.8 Å². The van der Waals surface area contributed by atoms with Crippen LogP contribution < -0.4 is 44.6 Å². The van der Waals surface area contributed by atoms with Crippen molar-refractivity contribution in [2.24, 2.45) is 33.7 Å². The molecule has 0 heterocycles. The van der Waals surface area contributed by atoms with Gasteiger partial charge in [-0.05, 0) is 38.6 Å². The Labute approximate surface area is 197 Å². The van der Waals surface area contributed by atoms with Gasteiger partial charge >= 0.3 is 5.97 Å². The second-order valence-corrected chi connectivity index (χ2v) is 7.58. The highest BCUT2D eigenvalue weighted by Crippen LogP contribution is 2.03. The minimum absolute atomic E-state index is 0.118. The molecule has 4 amide bonds.